The third kappa shape index (κ3) is 2.93. The molecular weight excluding hydrogens is 254 g/mol. The molecule has 0 unspecified atom stereocenters. The second-order valence-corrected chi connectivity index (χ2v) is 3.58. The van der Waals surface area contributed by atoms with Crippen molar-refractivity contribution in [2.75, 3.05) is 19.0 Å². The first-order chi connectivity index (χ1) is 9.13. The molecule has 2 aromatic rings. The Labute approximate surface area is 108 Å². The lowest BCUT2D eigenvalue weighted by molar-refractivity contribution is 0.312. The maximum absolute atomic E-state index is 13.2. The number of nitrogens with zero attached hydrogens (tertiary/aromatic N) is 3. The summed E-state index contributed by atoms with van der Waals surface area (Å²) in [7, 11) is 1.64. The van der Waals surface area contributed by atoms with Crippen LogP contribution in [0.2, 0.25) is 0 Å². The van der Waals surface area contributed by atoms with Crippen molar-refractivity contribution in [3.8, 4) is 17.4 Å². The van der Waals surface area contributed by atoms with E-state index in [0.29, 0.717) is 12.2 Å². The number of benzene rings is 1. The van der Waals surface area contributed by atoms with E-state index < -0.39 is 11.6 Å². The number of rotatable bonds is 4. The van der Waals surface area contributed by atoms with Crippen LogP contribution in [-0.2, 0) is 0 Å². The Morgan fingerprint density at radius 3 is 2.58 bits per heavy atom. The Hall–Kier alpha value is -2.31. The Kier molecular flexibility index (Phi) is 3.84. The second kappa shape index (κ2) is 5.55. The van der Waals surface area contributed by atoms with Crippen molar-refractivity contribution in [3.05, 3.63) is 29.8 Å². The predicted octanol–water partition coefficient (Wildman–Crippen LogP) is 2.26. The molecule has 100 valence electrons. The van der Waals surface area contributed by atoms with Gasteiger partial charge in [0.05, 0.1) is 6.61 Å². The van der Waals surface area contributed by atoms with Crippen molar-refractivity contribution >= 4 is 5.95 Å². The van der Waals surface area contributed by atoms with Crippen LogP contribution < -0.4 is 10.1 Å². The van der Waals surface area contributed by atoms with Gasteiger partial charge < -0.3 is 10.1 Å². The number of aromatic nitrogens is 3. The summed E-state index contributed by atoms with van der Waals surface area (Å²) in [6.45, 7) is 2.18. The molecule has 0 bridgehead atoms. The molecule has 0 spiro atoms. The molecule has 0 saturated carbocycles. The molecule has 0 aliphatic rings. The molecule has 0 fully saturated rings. The van der Waals surface area contributed by atoms with Gasteiger partial charge in [0.25, 0.3) is 0 Å². The Morgan fingerprint density at radius 1 is 1.16 bits per heavy atom. The standard InChI is InChI=1S/C12H12F2N4O/c1-3-19-12-17-10(16-11(15-2)18-12)7-4-5-8(13)9(14)6-7/h4-6H,3H2,1-2H3,(H,15,16,17,18). The first-order valence-corrected chi connectivity index (χ1v) is 5.66. The number of hydrogen-bond acceptors (Lipinski definition) is 5. The summed E-state index contributed by atoms with van der Waals surface area (Å²) < 4.78 is 31.3. The zero-order chi connectivity index (χ0) is 13.8. The highest BCUT2D eigenvalue weighted by Crippen LogP contribution is 2.20. The fourth-order valence-electron chi connectivity index (χ4n) is 1.43. The van der Waals surface area contributed by atoms with Gasteiger partial charge in [0.1, 0.15) is 0 Å². The molecule has 0 aliphatic carbocycles. The van der Waals surface area contributed by atoms with E-state index >= 15 is 0 Å². The van der Waals surface area contributed by atoms with Gasteiger partial charge in [0.15, 0.2) is 17.5 Å². The van der Waals surface area contributed by atoms with E-state index in [1.54, 1.807) is 14.0 Å². The van der Waals surface area contributed by atoms with Crippen LogP contribution >= 0.6 is 0 Å². The molecule has 1 heterocycles. The minimum Gasteiger partial charge on any atom is -0.464 e. The Balaban J connectivity index is 2.47. The molecule has 0 saturated heterocycles. The van der Waals surface area contributed by atoms with Gasteiger partial charge in [-0.25, -0.2) is 8.78 Å². The highest BCUT2D eigenvalue weighted by atomic mass is 19.2. The Morgan fingerprint density at radius 2 is 1.95 bits per heavy atom. The highest BCUT2D eigenvalue weighted by Gasteiger charge is 2.11. The fourth-order valence-corrected chi connectivity index (χ4v) is 1.43. The summed E-state index contributed by atoms with van der Waals surface area (Å²) in [5.41, 5.74) is 0.346. The van der Waals surface area contributed by atoms with E-state index in [2.05, 4.69) is 20.3 Å². The molecule has 5 nitrogen and oxygen atoms in total. The molecule has 7 heteroatoms. The summed E-state index contributed by atoms with van der Waals surface area (Å²) >= 11 is 0. The molecule has 0 radical (unpaired) electrons. The minimum absolute atomic E-state index is 0.126. The average Bonchev–Trinajstić information content (AvgIpc) is 2.42. The zero-order valence-corrected chi connectivity index (χ0v) is 10.4. The first kappa shape index (κ1) is 13.1. The van der Waals surface area contributed by atoms with Gasteiger partial charge in [-0.3, -0.25) is 0 Å². The fraction of sp³-hybridized carbons (Fsp3) is 0.250. The van der Waals surface area contributed by atoms with Crippen LogP contribution in [-0.4, -0.2) is 28.6 Å². The lowest BCUT2D eigenvalue weighted by Crippen LogP contribution is -2.05. The lowest BCUT2D eigenvalue weighted by atomic mass is 10.2. The summed E-state index contributed by atoms with van der Waals surface area (Å²) in [6, 6.07) is 3.57. The van der Waals surface area contributed by atoms with E-state index in [-0.39, 0.29) is 17.8 Å². The largest absolute Gasteiger partial charge is 0.464 e. The highest BCUT2D eigenvalue weighted by molar-refractivity contribution is 5.56. The lowest BCUT2D eigenvalue weighted by Gasteiger charge is -2.07. The van der Waals surface area contributed by atoms with Gasteiger partial charge in [-0.2, -0.15) is 15.0 Å². The van der Waals surface area contributed by atoms with Crippen LogP contribution in [0.1, 0.15) is 6.92 Å². The molecule has 0 amide bonds. The minimum atomic E-state index is -0.957. The van der Waals surface area contributed by atoms with Crippen molar-refractivity contribution < 1.29 is 13.5 Å². The van der Waals surface area contributed by atoms with Gasteiger partial charge in [-0.15, -0.1) is 0 Å². The van der Waals surface area contributed by atoms with E-state index in [1.165, 1.54) is 6.07 Å². The number of halogens is 2. The SMILES string of the molecule is CCOc1nc(NC)nc(-c2ccc(F)c(F)c2)n1. The predicted molar refractivity (Wildman–Crippen MR) is 65.9 cm³/mol. The Bertz CT molecular complexity index is 592. The maximum atomic E-state index is 13.2. The second-order valence-electron chi connectivity index (χ2n) is 3.58. The van der Waals surface area contributed by atoms with Crippen molar-refractivity contribution in [2.24, 2.45) is 0 Å². The summed E-state index contributed by atoms with van der Waals surface area (Å²) in [4.78, 5) is 12.1. The normalized spacial score (nSPS) is 10.3. The van der Waals surface area contributed by atoms with Crippen LogP contribution in [0.4, 0.5) is 14.7 Å². The van der Waals surface area contributed by atoms with Gasteiger partial charge in [-0.1, -0.05) is 0 Å². The van der Waals surface area contributed by atoms with Crippen LogP contribution in [0.25, 0.3) is 11.4 Å². The van der Waals surface area contributed by atoms with Crippen LogP contribution in [0.15, 0.2) is 18.2 Å². The summed E-state index contributed by atoms with van der Waals surface area (Å²) in [6.07, 6.45) is 0. The molecule has 1 aromatic carbocycles. The monoisotopic (exact) mass is 266 g/mol. The van der Waals surface area contributed by atoms with E-state index in [4.69, 9.17) is 4.74 Å². The van der Waals surface area contributed by atoms with Crippen molar-refractivity contribution in [1.82, 2.24) is 15.0 Å². The van der Waals surface area contributed by atoms with Crippen LogP contribution in [0, 0.1) is 11.6 Å². The van der Waals surface area contributed by atoms with E-state index in [1.807, 2.05) is 0 Å². The van der Waals surface area contributed by atoms with Gasteiger partial charge in [-0.05, 0) is 25.1 Å². The van der Waals surface area contributed by atoms with Crippen LogP contribution in [0.3, 0.4) is 0 Å². The van der Waals surface area contributed by atoms with Gasteiger partial charge in [0, 0.05) is 12.6 Å². The van der Waals surface area contributed by atoms with Gasteiger partial charge in [0.2, 0.25) is 5.95 Å². The zero-order valence-electron chi connectivity index (χ0n) is 10.4. The molecule has 1 N–H and O–H groups in total. The molecule has 0 aliphatic heterocycles. The maximum Gasteiger partial charge on any atom is 0.321 e. The quantitative estimate of drug-likeness (QED) is 0.919. The number of hydrogen-bond donors (Lipinski definition) is 1. The third-order valence-corrected chi connectivity index (χ3v) is 2.29. The van der Waals surface area contributed by atoms with E-state index in [9.17, 15) is 8.78 Å². The molecule has 1 aromatic heterocycles. The smallest absolute Gasteiger partial charge is 0.321 e. The summed E-state index contributed by atoms with van der Waals surface area (Å²) in [5.74, 6) is -1.38. The number of ether oxygens (including phenoxy) is 1. The first-order valence-electron chi connectivity index (χ1n) is 5.66. The van der Waals surface area contributed by atoms with E-state index in [0.717, 1.165) is 12.1 Å². The number of nitrogens with one attached hydrogen (secondary N) is 1. The average molecular weight is 266 g/mol. The van der Waals surface area contributed by atoms with Crippen LogP contribution in [0.5, 0.6) is 6.01 Å². The van der Waals surface area contributed by atoms with Gasteiger partial charge >= 0.3 is 6.01 Å². The number of anilines is 1. The van der Waals surface area contributed by atoms with Crippen molar-refractivity contribution in [3.63, 3.8) is 0 Å². The third-order valence-electron chi connectivity index (χ3n) is 2.29. The topological polar surface area (TPSA) is 59.9 Å². The summed E-state index contributed by atoms with van der Waals surface area (Å²) in [5, 5.41) is 2.75. The van der Waals surface area contributed by atoms with Crippen molar-refractivity contribution in [2.45, 2.75) is 6.92 Å². The molecule has 19 heavy (non-hydrogen) atoms. The molecule has 2 rings (SSSR count). The molecule has 0 atom stereocenters. The molecular formula is C12H12F2N4O. The van der Waals surface area contributed by atoms with Crippen molar-refractivity contribution in [1.29, 1.82) is 0 Å².